The summed E-state index contributed by atoms with van der Waals surface area (Å²) in [5.74, 6) is -7.71. The smallest absolute Gasteiger partial charge is 0.328 e. The maximum absolute atomic E-state index is 13.7. The molecule has 0 radical (unpaired) electrons. The average Bonchev–Trinajstić information content (AvgIpc) is 3.18. The second-order valence-electron chi connectivity index (χ2n) is 13.4. The van der Waals surface area contributed by atoms with Crippen LogP contribution in [0.2, 0.25) is 0 Å². The summed E-state index contributed by atoms with van der Waals surface area (Å²) in [6.45, 7) is -0.192. The van der Waals surface area contributed by atoms with Gasteiger partial charge in [-0.15, -0.1) is 0 Å². The van der Waals surface area contributed by atoms with Gasteiger partial charge in [0.25, 0.3) is 0 Å². The number of aliphatic hydroxyl groups excluding tert-OH is 1. The van der Waals surface area contributed by atoms with Crippen LogP contribution < -0.4 is 49.1 Å². The number of nitrogens with one attached hydrogen (secondary N) is 6. The van der Waals surface area contributed by atoms with E-state index in [1.165, 1.54) is 31.2 Å². The molecule has 1 saturated carbocycles. The van der Waals surface area contributed by atoms with Gasteiger partial charge in [-0.05, 0) is 56.7 Å². The van der Waals surface area contributed by atoms with Crippen molar-refractivity contribution in [3.05, 3.63) is 29.8 Å². The zero-order chi connectivity index (χ0) is 43.4. The molecule has 0 spiro atoms. The van der Waals surface area contributed by atoms with Crippen LogP contribution in [0.5, 0.6) is 5.75 Å². The highest BCUT2D eigenvalue weighted by molar-refractivity contribution is 7.81. The first-order valence-electron chi connectivity index (χ1n) is 18.4. The zero-order valence-electron chi connectivity index (χ0n) is 32.0. The number of aliphatic imine (C=N–C) groups is 1. The molecule has 58 heavy (non-hydrogen) atoms. The number of ether oxygens (including phenoxy) is 1. The topological polar surface area (TPSA) is 369 Å². The number of amides is 6. The highest BCUT2D eigenvalue weighted by Gasteiger charge is 2.34. The van der Waals surface area contributed by atoms with Gasteiger partial charge in [-0.2, -0.15) is 12.6 Å². The molecular formula is C35H54N10O12S. The number of carbonyl (C=O) groups is 8. The van der Waals surface area contributed by atoms with Gasteiger partial charge in [0, 0.05) is 13.0 Å². The maximum atomic E-state index is 13.7. The minimum absolute atomic E-state index is 0.0320. The highest BCUT2D eigenvalue weighted by Crippen LogP contribution is 2.22. The number of hydrogen-bond acceptors (Lipinski definition) is 14. The summed E-state index contributed by atoms with van der Waals surface area (Å²) < 4.78 is 5.60. The summed E-state index contributed by atoms with van der Waals surface area (Å²) in [6, 6.07) is -2.37. The van der Waals surface area contributed by atoms with E-state index in [2.05, 4.69) is 49.5 Å². The molecule has 2 rings (SSSR count). The number of nitrogens with zero attached hydrogens (tertiary/aromatic N) is 1. The van der Waals surface area contributed by atoms with Crippen molar-refractivity contribution in [2.75, 3.05) is 25.4 Å². The third-order valence-electron chi connectivity index (χ3n) is 8.82. The lowest BCUT2D eigenvalue weighted by atomic mass is 9.92. The standard InChI is InChI=1S/C35H54N10O12S/c1-18(40-32(53)24(42-27(48)15-36)14-29(50)57-26-7-3-2-5-21(26)41-28(49)17-58)30(51)43-22(6-4-12-39-35(37)38)31(52)44-23(13-19-8-10-20(47)11-9-19)33(54)45-25(16-46)34(55)56/h8-11,18,21-26,46-47,58H,2-7,12-17,36H2,1H3,(H,40,53)(H,41,49)(H,42,48)(H,43,51)(H,44,52)(H,45,54)(H,55,56)(H4,37,38,39)/t18-,21+,22-,23-,24-,25-,26+/m0/s1. The molecule has 0 heterocycles. The van der Waals surface area contributed by atoms with Crippen molar-refractivity contribution in [1.82, 2.24) is 31.9 Å². The maximum Gasteiger partial charge on any atom is 0.328 e. The Bertz CT molecular complexity index is 1630. The molecule has 23 heteroatoms. The fourth-order valence-corrected chi connectivity index (χ4v) is 5.85. The normalized spacial score (nSPS) is 17.4. The molecule has 15 N–H and O–H groups in total. The first-order chi connectivity index (χ1) is 27.5. The number of rotatable bonds is 23. The first kappa shape index (κ1) is 48.5. The Morgan fingerprint density at radius 1 is 0.845 bits per heavy atom. The van der Waals surface area contributed by atoms with Gasteiger partial charge in [0.15, 0.2) is 5.96 Å². The van der Waals surface area contributed by atoms with Gasteiger partial charge in [0.1, 0.15) is 42.1 Å². The summed E-state index contributed by atoms with van der Waals surface area (Å²) in [6.07, 6.45) is 0.971. The highest BCUT2D eigenvalue weighted by atomic mass is 32.1. The average molecular weight is 839 g/mol. The number of guanidine groups is 1. The van der Waals surface area contributed by atoms with Gasteiger partial charge in [-0.3, -0.25) is 38.6 Å². The number of carboxylic acid groups (broad SMARTS) is 1. The second-order valence-corrected chi connectivity index (χ2v) is 13.7. The minimum atomic E-state index is -1.71. The van der Waals surface area contributed by atoms with Crippen LogP contribution in [-0.4, -0.2) is 136 Å². The van der Waals surface area contributed by atoms with Crippen LogP contribution in [0.25, 0.3) is 0 Å². The molecule has 1 aromatic rings. The monoisotopic (exact) mass is 838 g/mol. The van der Waals surface area contributed by atoms with Crippen molar-refractivity contribution in [3.63, 3.8) is 0 Å². The van der Waals surface area contributed by atoms with Crippen LogP contribution >= 0.6 is 12.6 Å². The molecule has 1 aromatic carbocycles. The largest absolute Gasteiger partial charge is 0.508 e. The van der Waals surface area contributed by atoms with Gasteiger partial charge in [-0.25, -0.2) is 4.79 Å². The van der Waals surface area contributed by atoms with Gasteiger partial charge in [-0.1, -0.05) is 18.6 Å². The van der Waals surface area contributed by atoms with Crippen LogP contribution in [0.4, 0.5) is 0 Å². The minimum Gasteiger partial charge on any atom is -0.508 e. The number of phenolic OH excluding ortho intramolecular Hbond substituents is 1. The first-order valence-corrected chi connectivity index (χ1v) is 19.1. The fourth-order valence-electron chi connectivity index (χ4n) is 5.76. The van der Waals surface area contributed by atoms with E-state index in [1.54, 1.807) is 0 Å². The molecule has 6 amide bonds. The van der Waals surface area contributed by atoms with E-state index in [-0.39, 0.29) is 49.2 Å². The molecule has 322 valence electrons. The van der Waals surface area contributed by atoms with E-state index in [4.69, 9.17) is 21.9 Å². The molecule has 0 unspecified atom stereocenters. The Kier molecular flexibility index (Phi) is 20.8. The number of phenols is 1. The quantitative estimate of drug-likeness (QED) is 0.0163. The van der Waals surface area contributed by atoms with Gasteiger partial charge < -0.3 is 69.2 Å². The second kappa shape index (κ2) is 24.8. The lowest BCUT2D eigenvalue weighted by Gasteiger charge is -2.32. The van der Waals surface area contributed by atoms with E-state index in [1.807, 2.05) is 0 Å². The van der Waals surface area contributed by atoms with Crippen LogP contribution in [-0.2, 0) is 49.5 Å². The number of esters is 1. The Labute approximate surface area is 339 Å². The van der Waals surface area contributed by atoms with E-state index in [0.717, 1.165) is 12.8 Å². The van der Waals surface area contributed by atoms with Crippen molar-refractivity contribution in [2.45, 2.75) is 101 Å². The summed E-state index contributed by atoms with van der Waals surface area (Å²) in [7, 11) is 0. The zero-order valence-corrected chi connectivity index (χ0v) is 32.9. The summed E-state index contributed by atoms with van der Waals surface area (Å²) >= 11 is 3.96. The van der Waals surface area contributed by atoms with E-state index >= 15 is 0 Å². The van der Waals surface area contributed by atoms with E-state index in [0.29, 0.717) is 18.4 Å². The number of nitrogens with two attached hydrogens (primary N) is 3. The Morgan fingerprint density at radius 3 is 2.05 bits per heavy atom. The predicted molar refractivity (Wildman–Crippen MR) is 210 cm³/mol. The molecule has 0 aliphatic heterocycles. The van der Waals surface area contributed by atoms with Crippen molar-refractivity contribution >= 4 is 66.0 Å². The number of benzene rings is 1. The molecule has 1 aliphatic rings. The Hall–Kier alpha value is -5.68. The van der Waals surface area contributed by atoms with Crippen molar-refractivity contribution in [2.24, 2.45) is 22.2 Å². The summed E-state index contributed by atoms with van der Waals surface area (Å²) in [5.41, 5.74) is 16.7. The third-order valence-corrected chi connectivity index (χ3v) is 9.11. The number of carbonyl (C=O) groups excluding carboxylic acids is 7. The summed E-state index contributed by atoms with van der Waals surface area (Å²) in [4.78, 5) is 106. The number of aliphatic hydroxyl groups is 1. The van der Waals surface area contributed by atoms with Crippen LogP contribution in [0, 0.1) is 0 Å². The van der Waals surface area contributed by atoms with E-state index < -0.39 is 103 Å². The molecular weight excluding hydrogens is 785 g/mol. The van der Waals surface area contributed by atoms with Crippen LogP contribution in [0.15, 0.2) is 29.3 Å². The molecule has 7 atom stereocenters. The van der Waals surface area contributed by atoms with Crippen LogP contribution in [0.3, 0.4) is 0 Å². The molecule has 0 aromatic heterocycles. The lowest BCUT2D eigenvalue weighted by molar-refractivity contribution is -0.154. The van der Waals surface area contributed by atoms with Crippen molar-refractivity contribution < 1.29 is 58.4 Å². The van der Waals surface area contributed by atoms with Crippen molar-refractivity contribution in [1.29, 1.82) is 0 Å². The lowest BCUT2D eigenvalue weighted by Crippen LogP contribution is -2.59. The number of aromatic hydroxyl groups is 1. The Morgan fingerprint density at radius 2 is 1.45 bits per heavy atom. The summed E-state index contributed by atoms with van der Waals surface area (Å²) in [5, 5.41) is 43.1. The molecule has 22 nitrogen and oxygen atoms in total. The number of carboxylic acids is 1. The van der Waals surface area contributed by atoms with Gasteiger partial charge in [0.05, 0.1) is 31.4 Å². The van der Waals surface area contributed by atoms with E-state index in [9.17, 15) is 53.7 Å². The van der Waals surface area contributed by atoms with Crippen molar-refractivity contribution in [3.8, 4) is 5.75 Å². The molecule has 0 saturated heterocycles. The Balaban J connectivity index is 2.25. The van der Waals surface area contributed by atoms with Gasteiger partial charge >= 0.3 is 11.9 Å². The fraction of sp³-hybridized carbons (Fsp3) is 0.571. The number of hydrogen-bond donors (Lipinski definition) is 13. The van der Waals surface area contributed by atoms with Gasteiger partial charge in [0.2, 0.25) is 35.4 Å². The third kappa shape index (κ3) is 17.2. The molecule has 0 bridgehead atoms. The SMILES string of the molecule is C[C@H](NC(=O)[C@H](CC(=O)O[C@@H]1CCCC[C@H]1NC(=O)CS)NC(=O)CN)C(=O)N[C@@H](CCCN=C(N)N)C(=O)N[C@@H](Cc1ccc(O)cc1)C(=O)N[C@@H](CO)C(=O)O. The molecule has 1 aliphatic carbocycles. The molecule has 1 fully saturated rings. The number of aliphatic carboxylic acids is 1. The predicted octanol–water partition coefficient (Wildman–Crippen LogP) is -4.24. The number of thiol groups is 1. The van der Waals surface area contributed by atoms with Crippen LogP contribution in [0.1, 0.15) is 57.4 Å².